The number of hydrogen-bond acceptors (Lipinski definition) is 1. The average molecular weight is 580 g/mol. The molecule has 0 radical (unpaired) electrons. The predicted octanol–water partition coefficient (Wildman–Crippen LogP) is 10.7. The van der Waals surface area contributed by atoms with Gasteiger partial charge in [-0.2, -0.15) is 0 Å². The molecule has 0 unspecified atom stereocenters. The van der Waals surface area contributed by atoms with E-state index >= 15 is 0 Å². The molecule has 0 aliphatic heterocycles. The predicted molar refractivity (Wildman–Crippen MR) is 184 cm³/mol. The molecular weight excluding hydrogens is 553 g/mol. The minimum atomic E-state index is -0.257. The SMILES string of the molecule is Fc1ccc(-c2cccc(-n3c4ccccc4c4ccc(-c5ccc6c(c5)c5ccccc5n6-c5ccccc5)cc43)n2)cc1. The minimum absolute atomic E-state index is 0.257. The van der Waals surface area contributed by atoms with Crippen LogP contribution in [0.3, 0.4) is 0 Å². The van der Waals surface area contributed by atoms with Gasteiger partial charge in [0.2, 0.25) is 0 Å². The molecule has 6 aromatic carbocycles. The van der Waals surface area contributed by atoms with Crippen molar-refractivity contribution in [2.45, 2.75) is 0 Å². The maximum atomic E-state index is 13.6. The highest BCUT2D eigenvalue weighted by molar-refractivity contribution is 6.12. The normalized spacial score (nSPS) is 11.7. The van der Waals surface area contributed by atoms with E-state index in [-0.39, 0.29) is 5.82 Å². The molecule has 4 heteroatoms. The van der Waals surface area contributed by atoms with Gasteiger partial charge in [0.15, 0.2) is 0 Å². The van der Waals surface area contributed by atoms with Gasteiger partial charge in [0.05, 0.1) is 27.8 Å². The first-order chi connectivity index (χ1) is 22.2. The molecule has 0 aliphatic rings. The van der Waals surface area contributed by atoms with Gasteiger partial charge in [-0.1, -0.05) is 78.9 Å². The number of rotatable bonds is 4. The Morgan fingerprint density at radius 3 is 1.80 bits per heavy atom. The van der Waals surface area contributed by atoms with Crippen LogP contribution in [0.15, 0.2) is 158 Å². The van der Waals surface area contributed by atoms with Gasteiger partial charge in [0, 0.05) is 32.8 Å². The van der Waals surface area contributed by atoms with Crippen molar-refractivity contribution in [3.63, 3.8) is 0 Å². The number of nitrogens with zero attached hydrogens (tertiary/aromatic N) is 3. The van der Waals surface area contributed by atoms with Crippen LogP contribution in [0.5, 0.6) is 0 Å². The molecule has 0 bridgehead atoms. The van der Waals surface area contributed by atoms with Gasteiger partial charge in [-0.3, -0.25) is 4.57 Å². The summed E-state index contributed by atoms with van der Waals surface area (Å²) < 4.78 is 18.2. The van der Waals surface area contributed by atoms with Gasteiger partial charge < -0.3 is 4.57 Å². The first-order valence-electron chi connectivity index (χ1n) is 15.1. The molecule has 45 heavy (non-hydrogen) atoms. The summed E-state index contributed by atoms with van der Waals surface area (Å²) in [5.74, 6) is 0.564. The van der Waals surface area contributed by atoms with Crippen molar-refractivity contribution in [1.82, 2.24) is 14.1 Å². The molecule has 9 rings (SSSR count). The van der Waals surface area contributed by atoms with Gasteiger partial charge in [-0.05, 0) is 90.0 Å². The standard InChI is InChI=1S/C41H26FN3/c42-30-21-17-27(18-22-30)36-13-8-16-41(43-36)45-38-15-7-4-11-32(38)34-23-19-29(26-40(34)45)28-20-24-39-35(25-28)33-12-5-6-14-37(33)44(39)31-9-2-1-3-10-31/h1-26H. The van der Waals surface area contributed by atoms with Crippen molar-refractivity contribution in [2.75, 3.05) is 0 Å². The van der Waals surface area contributed by atoms with E-state index in [0.29, 0.717) is 0 Å². The lowest BCUT2D eigenvalue weighted by Crippen LogP contribution is -1.98. The second-order valence-electron chi connectivity index (χ2n) is 11.4. The molecule has 0 amide bonds. The Morgan fingerprint density at radius 1 is 0.400 bits per heavy atom. The fourth-order valence-electron chi connectivity index (χ4n) is 6.73. The van der Waals surface area contributed by atoms with Gasteiger partial charge in [-0.25, -0.2) is 9.37 Å². The highest BCUT2D eigenvalue weighted by Crippen LogP contribution is 2.38. The van der Waals surface area contributed by atoms with Gasteiger partial charge in [0.1, 0.15) is 11.6 Å². The molecule has 3 aromatic heterocycles. The molecule has 0 N–H and O–H groups in total. The molecule has 0 fully saturated rings. The van der Waals surface area contributed by atoms with Gasteiger partial charge >= 0.3 is 0 Å². The number of halogens is 1. The Morgan fingerprint density at radius 2 is 1.00 bits per heavy atom. The van der Waals surface area contributed by atoms with Crippen LogP contribution >= 0.6 is 0 Å². The molecule has 212 valence electrons. The minimum Gasteiger partial charge on any atom is -0.309 e. The zero-order valence-electron chi connectivity index (χ0n) is 24.2. The molecule has 3 heterocycles. The van der Waals surface area contributed by atoms with Gasteiger partial charge in [-0.15, -0.1) is 0 Å². The fraction of sp³-hybridized carbons (Fsp3) is 0. The zero-order chi connectivity index (χ0) is 29.9. The van der Waals surface area contributed by atoms with E-state index in [1.54, 1.807) is 12.1 Å². The van der Waals surface area contributed by atoms with E-state index in [2.05, 4.69) is 124 Å². The van der Waals surface area contributed by atoms with E-state index in [1.165, 1.54) is 44.7 Å². The van der Waals surface area contributed by atoms with Crippen molar-refractivity contribution in [1.29, 1.82) is 0 Å². The smallest absolute Gasteiger partial charge is 0.138 e. The number of para-hydroxylation sites is 3. The van der Waals surface area contributed by atoms with E-state index in [9.17, 15) is 4.39 Å². The maximum Gasteiger partial charge on any atom is 0.138 e. The Kier molecular flexibility index (Phi) is 5.69. The Balaban J connectivity index is 1.25. The van der Waals surface area contributed by atoms with Crippen LogP contribution < -0.4 is 0 Å². The van der Waals surface area contributed by atoms with Crippen LogP contribution in [-0.4, -0.2) is 14.1 Å². The average Bonchev–Trinajstić information content (AvgIpc) is 3.61. The first-order valence-corrected chi connectivity index (χ1v) is 15.1. The van der Waals surface area contributed by atoms with Crippen LogP contribution in [0.2, 0.25) is 0 Å². The summed E-state index contributed by atoms with van der Waals surface area (Å²) in [4.78, 5) is 5.06. The van der Waals surface area contributed by atoms with Crippen LogP contribution in [-0.2, 0) is 0 Å². The quantitative estimate of drug-likeness (QED) is 0.203. The molecule has 0 saturated carbocycles. The number of pyridine rings is 1. The summed E-state index contributed by atoms with van der Waals surface area (Å²) in [5, 5.41) is 4.80. The number of aromatic nitrogens is 3. The summed E-state index contributed by atoms with van der Waals surface area (Å²) >= 11 is 0. The summed E-state index contributed by atoms with van der Waals surface area (Å²) in [7, 11) is 0. The molecule has 0 spiro atoms. The Hall–Kier alpha value is -6.00. The molecule has 9 aromatic rings. The van der Waals surface area contributed by atoms with Crippen molar-refractivity contribution in [3.05, 3.63) is 164 Å². The summed E-state index contributed by atoms with van der Waals surface area (Å²) in [6, 6.07) is 53.7. The number of benzene rings is 6. The highest BCUT2D eigenvalue weighted by Gasteiger charge is 2.16. The Labute approximate surface area is 259 Å². The monoisotopic (exact) mass is 579 g/mol. The van der Waals surface area contributed by atoms with Crippen LogP contribution in [0.1, 0.15) is 0 Å². The van der Waals surface area contributed by atoms with Crippen molar-refractivity contribution in [3.8, 4) is 33.9 Å². The van der Waals surface area contributed by atoms with Gasteiger partial charge in [0.25, 0.3) is 0 Å². The fourth-order valence-corrected chi connectivity index (χ4v) is 6.73. The lowest BCUT2D eigenvalue weighted by molar-refractivity contribution is 0.628. The van der Waals surface area contributed by atoms with E-state index in [0.717, 1.165) is 44.9 Å². The highest BCUT2D eigenvalue weighted by atomic mass is 19.1. The largest absolute Gasteiger partial charge is 0.309 e. The van der Waals surface area contributed by atoms with Crippen LogP contribution in [0, 0.1) is 5.82 Å². The van der Waals surface area contributed by atoms with E-state index < -0.39 is 0 Å². The number of hydrogen-bond donors (Lipinski definition) is 0. The lowest BCUT2D eigenvalue weighted by atomic mass is 10.0. The summed E-state index contributed by atoms with van der Waals surface area (Å²) in [5.41, 5.74) is 9.68. The maximum absolute atomic E-state index is 13.6. The summed E-state index contributed by atoms with van der Waals surface area (Å²) in [6.45, 7) is 0. The molecule has 0 aliphatic carbocycles. The van der Waals surface area contributed by atoms with Crippen molar-refractivity contribution in [2.24, 2.45) is 0 Å². The van der Waals surface area contributed by atoms with Crippen LogP contribution in [0.25, 0.3) is 77.5 Å². The summed E-state index contributed by atoms with van der Waals surface area (Å²) in [6.07, 6.45) is 0. The third-order valence-electron chi connectivity index (χ3n) is 8.80. The second kappa shape index (κ2) is 10.0. The lowest BCUT2D eigenvalue weighted by Gasteiger charge is -2.11. The molecule has 0 atom stereocenters. The Bertz CT molecular complexity index is 2540. The topological polar surface area (TPSA) is 22.8 Å². The first kappa shape index (κ1) is 25.5. The van der Waals surface area contributed by atoms with E-state index in [1.807, 2.05) is 18.2 Å². The van der Waals surface area contributed by atoms with Crippen molar-refractivity contribution >= 4 is 43.6 Å². The zero-order valence-corrected chi connectivity index (χ0v) is 24.2. The number of fused-ring (bicyclic) bond motifs is 6. The third kappa shape index (κ3) is 4.07. The second-order valence-corrected chi connectivity index (χ2v) is 11.4. The van der Waals surface area contributed by atoms with Crippen LogP contribution in [0.4, 0.5) is 4.39 Å². The molecule has 0 saturated heterocycles. The molecular formula is C41H26FN3. The molecule has 3 nitrogen and oxygen atoms in total. The van der Waals surface area contributed by atoms with E-state index in [4.69, 9.17) is 4.98 Å². The third-order valence-corrected chi connectivity index (χ3v) is 8.80. The van der Waals surface area contributed by atoms with Crippen molar-refractivity contribution < 1.29 is 4.39 Å².